The summed E-state index contributed by atoms with van der Waals surface area (Å²) in [7, 11) is 1.78. The van der Waals surface area contributed by atoms with Gasteiger partial charge in [0.1, 0.15) is 0 Å². The first-order chi connectivity index (χ1) is 11.8. The lowest BCUT2D eigenvalue weighted by Crippen LogP contribution is -2.41. The van der Waals surface area contributed by atoms with Crippen LogP contribution in [0.4, 0.5) is 0 Å². The number of nitrogens with zero attached hydrogens (tertiary/aromatic N) is 2. The Bertz CT molecular complexity index is 607. The van der Waals surface area contributed by atoms with Crippen LogP contribution in [0.5, 0.6) is 0 Å². The number of likely N-dealkylation sites (N-methyl/N-ethyl adjacent to an activating group) is 1. The molecule has 0 aromatic heterocycles. The molecule has 25 heavy (non-hydrogen) atoms. The van der Waals surface area contributed by atoms with Gasteiger partial charge in [0.2, 0.25) is 5.91 Å². The highest BCUT2D eigenvalue weighted by atomic mass is 16.3. The molecule has 0 radical (unpaired) electrons. The molecule has 138 valence electrons. The summed E-state index contributed by atoms with van der Waals surface area (Å²) in [6.07, 6.45) is 4.03. The van der Waals surface area contributed by atoms with Crippen LogP contribution in [0.1, 0.15) is 55.5 Å². The average molecular weight is 346 g/mol. The van der Waals surface area contributed by atoms with Crippen molar-refractivity contribution < 1.29 is 14.7 Å². The number of aliphatic hydroxyl groups is 1. The summed E-state index contributed by atoms with van der Waals surface area (Å²) in [5.74, 6) is 0.162. The molecule has 0 aliphatic carbocycles. The van der Waals surface area contributed by atoms with Gasteiger partial charge in [-0.25, -0.2) is 0 Å². The van der Waals surface area contributed by atoms with Crippen LogP contribution in [0.25, 0.3) is 0 Å². The van der Waals surface area contributed by atoms with E-state index in [4.69, 9.17) is 0 Å². The molecule has 1 fully saturated rings. The fourth-order valence-electron chi connectivity index (χ4n) is 3.00. The number of carbonyl (C=O) groups excluding carboxylic acids is 2. The zero-order valence-electron chi connectivity index (χ0n) is 15.6. The molecule has 1 aromatic carbocycles. The number of rotatable bonds is 7. The Balaban J connectivity index is 1.91. The number of amides is 2. The van der Waals surface area contributed by atoms with Crippen molar-refractivity contribution in [2.45, 2.75) is 51.6 Å². The standard InChI is InChI=1S/C20H30N2O3/c1-20(2,25)11-10-16-7-6-8-17(15-16)19(24)21(3)13-14-22-12-5-4-9-18(22)23/h6-8,15,25H,4-5,9-14H2,1-3H3. The van der Waals surface area contributed by atoms with Crippen LogP contribution in [0.15, 0.2) is 24.3 Å². The maximum Gasteiger partial charge on any atom is 0.253 e. The van der Waals surface area contributed by atoms with Crippen molar-refractivity contribution in [1.29, 1.82) is 0 Å². The maximum absolute atomic E-state index is 12.6. The molecule has 0 atom stereocenters. The third kappa shape index (κ3) is 6.16. The largest absolute Gasteiger partial charge is 0.390 e. The minimum atomic E-state index is -0.711. The maximum atomic E-state index is 12.6. The van der Waals surface area contributed by atoms with Crippen molar-refractivity contribution in [3.63, 3.8) is 0 Å². The Morgan fingerprint density at radius 3 is 2.76 bits per heavy atom. The topological polar surface area (TPSA) is 60.9 Å². The Morgan fingerprint density at radius 1 is 1.32 bits per heavy atom. The Hall–Kier alpha value is -1.88. The first-order valence-corrected chi connectivity index (χ1v) is 9.11. The highest BCUT2D eigenvalue weighted by Gasteiger charge is 2.20. The van der Waals surface area contributed by atoms with E-state index in [1.54, 1.807) is 25.8 Å². The van der Waals surface area contributed by atoms with E-state index in [1.165, 1.54) is 0 Å². The van der Waals surface area contributed by atoms with Crippen molar-refractivity contribution >= 4 is 11.8 Å². The molecule has 1 aliphatic rings. The molecule has 5 heteroatoms. The number of carbonyl (C=O) groups is 2. The van der Waals surface area contributed by atoms with Gasteiger partial charge in [-0.15, -0.1) is 0 Å². The van der Waals surface area contributed by atoms with Gasteiger partial charge in [0.05, 0.1) is 5.60 Å². The highest BCUT2D eigenvalue weighted by Crippen LogP contribution is 2.15. The number of hydrogen-bond donors (Lipinski definition) is 1. The second-order valence-corrected chi connectivity index (χ2v) is 7.58. The van der Waals surface area contributed by atoms with E-state index < -0.39 is 5.60 Å². The van der Waals surface area contributed by atoms with Gasteiger partial charge in [0.15, 0.2) is 0 Å². The van der Waals surface area contributed by atoms with E-state index in [1.807, 2.05) is 29.2 Å². The first kappa shape index (κ1) is 19.4. The Labute approximate surface area is 150 Å². The van der Waals surface area contributed by atoms with Gasteiger partial charge in [-0.1, -0.05) is 12.1 Å². The number of aryl methyl sites for hydroxylation is 1. The summed E-state index contributed by atoms with van der Waals surface area (Å²) in [4.78, 5) is 28.0. The summed E-state index contributed by atoms with van der Waals surface area (Å²) in [5, 5.41) is 9.85. The zero-order chi connectivity index (χ0) is 18.4. The summed E-state index contributed by atoms with van der Waals surface area (Å²) in [5.41, 5.74) is 0.992. The number of benzene rings is 1. The molecule has 1 aromatic rings. The van der Waals surface area contributed by atoms with Crippen molar-refractivity contribution in [3.8, 4) is 0 Å². The zero-order valence-corrected chi connectivity index (χ0v) is 15.6. The fourth-order valence-corrected chi connectivity index (χ4v) is 3.00. The van der Waals surface area contributed by atoms with Crippen LogP contribution in [0, 0.1) is 0 Å². The molecule has 0 spiro atoms. The molecule has 2 rings (SSSR count). The molecule has 1 aliphatic heterocycles. The monoisotopic (exact) mass is 346 g/mol. The second kappa shape index (κ2) is 8.48. The lowest BCUT2D eigenvalue weighted by molar-refractivity contribution is -0.133. The SMILES string of the molecule is CN(CCN1CCCCC1=O)C(=O)c1cccc(CCC(C)(C)O)c1. The van der Waals surface area contributed by atoms with Crippen molar-refractivity contribution in [3.05, 3.63) is 35.4 Å². The molecule has 1 N–H and O–H groups in total. The van der Waals surface area contributed by atoms with Gasteiger partial charge < -0.3 is 14.9 Å². The van der Waals surface area contributed by atoms with Crippen LogP contribution in [0.3, 0.4) is 0 Å². The predicted octanol–water partition coefficient (Wildman–Crippen LogP) is 2.47. The number of piperidine rings is 1. The number of likely N-dealkylation sites (tertiary alicyclic amines) is 1. The minimum absolute atomic E-state index is 0.0328. The summed E-state index contributed by atoms with van der Waals surface area (Å²) in [6.45, 7) is 5.51. The van der Waals surface area contributed by atoms with Crippen molar-refractivity contribution in [2.75, 3.05) is 26.7 Å². The van der Waals surface area contributed by atoms with Gasteiger partial charge in [-0.2, -0.15) is 0 Å². The van der Waals surface area contributed by atoms with Gasteiger partial charge in [0.25, 0.3) is 5.91 Å². The minimum Gasteiger partial charge on any atom is -0.390 e. The lowest BCUT2D eigenvalue weighted by atomic mass is 9.98. The summed E-state index contributed by atoms with van der Waals surface area (Å²) >= 11 is 0. The molecule has 1 heterocycles. The van der Waals surface area contributed by atoms with Gasteiger partial charge >= 0.3 is 0 Å². The smallest absolute Gasteiger partial charge is 0.253 e. The van der Waals surface area contributed by atoms with Crippen molar-refractivity contribution in [2.24, 2.45) is 0 Å². The fraction of sp³-hybridized carbons (Fsp3) is 0.600. The van der Waals surface area contributed by atoms with Crippen LogP contribution < -0.4 is 0 Å². The van der Waals surface area contributed by atoms with E-state index >= 15 is 0 Å². The molecular weight excluding hydrogens is 316 g/mol. The van der Waals surface area contributed by atoms with E-state index in [9.17, 15) is 14.7 Å². The van der Waals surface area contributed by atoms with Crippen LogP contribution in [-0.2, 0) is 11.2 Å². The van der Waals surface area contributed by atoms with E-state index in [2.05, 4.69) is 0 Å². The molecule has 5 nitrogen and oxygen atoms in total. The van der Waals surface area contributed by atoms with Gasteiger partial charge in [-0.05, 0) is 57.2 Å². The second-order valence-electron chi connectivity index (χ2n) is 7.58. The van der Waals surface area contributed by atoms with Crippen LogP contribution in [0.2, 0.25) is 0 Å². The molecule has 0 unspecified atom stereocenters. The van der Waals surface area contributed by atoms with Crippen molar-refractivity contribution in [1.82, 2.24) is 9.80 Å². The third-order valence-electron chi connectivity index (χ3n) is 4.67. The highest BCUT2D eigenvalue weighted by molar-refractivity contribution is 5.94. The normalized spacial score (nSPS) is 15.4. The predicted molar refractivity (Wildman–Crippen MR) is 98.5 cm³/mol. The molecule has 0 bridgehead atoms. The third-order valence-corrected chi connectivity index (χ3v) is 4.67. The lowest BCUT2D eigenvalue weighted by Gasteiger charge is -2.28. The molecular formula is C20H30N2O3. The molecule has 0 saturated carbocycles. The molecule has 2 amide bonds. The Kier molecular flexibility index (Phi) is 6.59. The summed E-state index contributed by atoms with van der Waals surface area (Å²) in [6, 6.07) is 7.58. The average Bonchev–Trinajstić information content (AvgIpc) is 2.58. The first-order valence-electron chi connectivity index (χ1n) is 9.11. The van der Waals surface area contributed by atoms with Gasteiger partial charge in [0, 0.05) is 38.7 Å². The summed E-state index contributed by atoms with van der Waals surface area (Å²) < 4.78 is 0. The molecule has 1 saturated heterocycles. The number of hydrogen-bond acceptors (Lipinski definition) is 3. The van der Waals surface area contributed by atoms with E-state index in [-0.39, 0.29) is 11.8 Å². The van der Waals surface area contributed by atoms with E-state index in [0.29, 0.717) is 31.5 Å². The van der Waals surface area contributed by atoms with Crippen LogP contribution >= 0.6 is 0 Å². The Morgan fingerprint density at radius 2 is 2.08 bits per heavy atom. The van der Waals surface area contributed by atoms with E-state index in [0.717, 1.165) is 31.4 Å². The van der Waals surface area contributed by atoms with Gasteiger partial charge in [-0.3, -0.25) is 9.59 Å². The van der Waals surface area contributed by atoms with Crippen LogP contribution in [-0.4, -0.2) is 59.0 Å². The quantitative estimate of drug-likeness (QED) is 0.825.